The summed E-state index contributed by atoms with van der Waals surface area (Å²) in [5.74, 6) is 0.473. The van der Waals surface area contributed by atoms with Gasteiger partial charge in [0.15, 0.2) is 0 Å². The lowest BCUT2D eigenvalue weighted by molar-refractivity contribution is 0.0382. The number of benzene rings is 1. The van der Waals surface area contributed by atoms with Crippen molar-refractivity contribution in [2.45, 2.75) is 39.3 Å². The van der Waals surface area contributed by atoms with Crippen molar-refractivity contribution >= 4 is 0 Å². The molecule has 1 aromatic carbocycles. The summed E-state index contributed by atoms with van der Waals surface area (Å²) in [6.45, 7) is 7.23. The zero-order chi connectivity index (χ0) is 15.3. The molecule has 0 radical (unpaired) electrons. The van der Waals surface area contributed by atoms with Gasteiger partial charge in [-0.2, -0.15) is 15.0 Å². The lowest BCUT2D eigenvalue weighted by Crippen LogP contribution is -2.38. The maximum absolute atomic E-state index is 10.2. The van der Waals surface area contributed by atoms with E-state index >= 15 is 0 Å². The standard InChI is InChI=1S/C16H24N4O/c1-13(2)9-16(3,21)12-17-10-14-11-18-20(19-14)15-7-5-4-6-8-15/h4-8,11,13,17,21H,9-10,12H2,1-3H3. The third kappa shape index (κ3) is 4.95. The van der Waals surface area contributed by atoms with Crippen LogP contribution in [0.25, 0.3) is 5.69 Å². The van der Waals surface area contributed by atoms with Crippen molar-refractivity contribution in [2.75, 3.05) is 6.54 Å². The molecule has 0 saturated carbocycles. The summed E-state index contributed by atoms with van der Waals surface area (Å²) >= 11 is 0. The Morgan fingerprint density at radius 1 is 1.29 bits per heavy atom. The summed E-state index contributed by atoms with van der Waals surface area (Å²) in [5, 5.41) is 22.2. The van der Waals surface area contributed by atoms with E-state index in [4.69, 9.17) is 0 Å². The molecule has 21 heavy (non-hydrogen) atoms. The Morgan fingerprint density at radius 3 is 2.67 bits per heavy atom. The predicted octanol–water partition coefficient (Wildman–Crippen LogP) is 2.15. The van der Waals surface area contributed by atoms with Crippen LogP contribution in [0.5, 0.6) is 0 Å². The average Bonchev–Trinajstić information content (AvgIpc) is 2.87. The molecule has 2 N–H and O–H groups in total. The van der Waals surface area contributed by atoms with Crippen LogP contribution in [-0.4, -0.2) is 32.2 Å². The topological polar surface area (TPSA) is 63.0 Å². The van der Waals surface area contributed by atoms with E-state index in [1.807, 2.05) is 37.3 Å². The molecule has 0 saturated heterocycles. The van der Waals surface area contributed by atoms with Gasteiger partial charge in [0.1, 0.15) is 0 Å². The largest absolute Gasteiger partial charge is 0.389 e. The van der Waals surface area contributed by atoms with Crippen molar-refractivity contribution in [3.63, 3.8) is 0 Å². The molecule has 0 aliphatic rings. The summed E-state index contributed by atoms with van der Waals surface area (Å²) in [7, 11) is 0. The predicted molar refractivity (Wildman–Crippen MR) is 83.1 cm³/mol. The number of hydrogen-bond donors (Lipinski definition) is 2. The molecule has 114 valence electrons. The first-order chi connectivity index (χ1) is 9.96. The first kappa shape index (κ1) is 15.7. The fourth-order valence-electron chi connectivity index (χ4n) is 2.47. The number of para-hydroxylation sites is 1. The van der Waals surface area contributed by atoms with Gasteiger partial charge in [-0.1, -0.05) is 32.0 Å². The van der Waals surface area contributed by atoms with Crippen LogP contribution in [0.3, 0.4) is 0 Å². The molecule has 2 rings (SSSR count). The van der Waals surface area contributed by atoms with Crippen molar-refractivity contribution in [3.8, 4) is 5.69 Å². The van der Waals surface area contributed by atoms with Gasteiger partial charge in [-0.3, -0.25) is 0 Å². The molecule has 0 spiro atoms. The van der Waals surface area contributed by atoms with E-state index in [1.165, 1.54) is 0 Å². The second-order valence-corrected chi connectivity index (χ2v) is 6.16. The summed E-state index contributed by atoms with van der Waals surface area (Å²) in [6, 6.07) is 9.81. The molecule has 1 unspecified atom stereocenters. The minimum absolute atomic E-state index is 0.473. The fourth-order valence-corrected chi connectivity index (χ4v) is 2.47. The number of aromatic nitrogens is 3. The summed E-state index contributed by atoms with van der Waals surface area (Å²) < 4.78 is 0. The molecular weight excluding hydrogens is 264 g/mol. The van der Waals surface area contributed by atoms with E-state index < -0.39 is 5.60 Å². The second-order valence-electron chi connectivity index (χ2n) is 6.16. The first-order valence-corrected chi connectivity index (χ1v) is 7.36. The quantitative estimate of drug-likeness (QED) is 0.819. The van der Waals surface area contributed by atoms with Crippen molar-refractivity contribution < 1.29 is 5.11 Å². The van der Waals surface area contributed by atoms with Gasteiger partial charge in [-0.15, -0.1) is 0 Å². The first-order valence-electron chi connectivity index (χ1n) is 7.36. The Balaban J connectivity index is 1.86. The molecule has 0 amide bonds. The summed E-state index contributed by atoms with van der Waals surface area (Å²) in [4.78, 5) is 1.61. The minimum atomic E-state index is -0.691. The van der Waals surface area contributed by atoms with Gasteiger partial charge >= 0.3 is 0 Å². The summed E-state index contributed by atoms with van der Waals surface area (Å²) in [6.07, 6.45) is 2.52. The molecule has 0 aliphatic heterocycles. The van der Waals surface area contributed by atoms with E-state index in [0.717, 1.165) is 17.8 Å². The Bertz CT molecular complexity index is 548. The Hall–Kier alpha value is -1.72. The van der Waals surface area contributed by atoms with Gasteiger partial charge in [0.25, 0.3) is 0 Å². The van der Waals surface area contributed by atoms with Crippen molar-refractivity contribution in [3.05, 3.63) is 42.2 Å². The van der Waals surface area contributed by atoms with Crippen LogP contribution in [0, 0.1) is 5.92 Å². The van der Waals surface area contributed by atoms with E-state index in [9.17, 15) is 5.11 Å². The number of nitrogens with zero attached hydrogens (tertiary/aromatic N) is 3. The zero-order valence-electron chi connectivity index (χ0n) is 13.0. The maximum Gasteiger partial charge on any atom is 0.0969 e. The second kappa shape index (κ2) is 6.83. The van der Waals surface area contributed by atoms with Crippen LogP contribution >= 0.6 is 0 Å². The minimum Gasteiger partial charge on any atom is -0.389 e. The number of aliphatic hydroxyl groups is 1. The number of rotatable bonds is 7. The van der Waals surface area contributed by atoms with E-state index in [0.29, 0.717) is 19.0 Å². The molecule has 0 bridgehead atoms. The molecule has 5 nitrogen and oxygen atoms in total. The highest BCUT2D eigenvalue weighted by Gasteiger charge is 2.21. The van der Waals surface area contributed by atoms with Crippen molar-refractivity contribution in [2.24, 2.45) is 5.92 Å². The average molecular weight is 288 g/mol. The lowest BCUT2D eigenvalue weighted by Gasteiger charge is -2.25. The van der Waals surface area contributed by atoms with Crippen LogP contribution in [0.2, 0.25) is 0 Å². The number of nitrogens with one attached hydrogen (secondary N) is 1. The highest BCUT2D eigenvalue weighted by atomic mass is 16.3. The SMILES string of the molecule is CC(C)CC(C)(O)CNCc1cnn(-c2ccccc2)n1. The number of hydrogen-bond acceptors (Lipinski definition) is 4. The molecule has 5 heteroatoms. The third-order valence-electron chi connectivity index (χ3n) is 3.19. The Labute approximate surface area is 126 Å². The van der Waals surface area contributed by atoms with Crippen LogP contribution in [0.15, 0.2) is 36.5 Å². The maximum atomic E-state index is 10.2. The zero-order valence-corrected chi connectivity index (χ0v) is 13.0. The van der Waals surface area contributed by atoms with Gasteiger partial charge in [0.2, 0.25) is 0 Å². The van der Waals surface area contributed by atoms with E-state index in [2.05, 4.69) is 29.4 Å². The molecule has 2 aromatic rings. The van der Waals surface area contributed by atoms with E-state index in [1.54, 1.807) is 11.0 Å². The van der Waals surface area contributed by atoms with E-state index in [-0.39, 0.29) is 0 Å². The van der Waals surface area contributed by atoms with Gasteiger partial charge in [-0.05, 0) is 31.4 Å². The Morgan fingerprint density at radius 2 is 2.00 bits per heavy atom. The van der Waals surface area contributed by atoms with Crippen LogP contribution in [-0.2, 0) is 6.54 Å². The van der Waals surface area contributed by atoms with Crippen LogP contribution in [0.1, 0.15) is 32.9 Å². The molecule has 1 heterocycles. The fraction of sp³-hybridized carbons (Fsp3) is 0.500. The molecule has 0 aliphatic carbocycles. The monoisotopic (exact) mass is 288 g/mol. The molecule has 1 aromatic heterocycles. The highest BCUT2D eigenvalue weighted by molar-refractivity contribution is 5.28. The van der Waals surface area contributed by atoms with Gasteiger partial charge in [-0.25, -0.2) is 0 Å². The van der Waals surface area contributed by atoms with Gasteiger partial charge < -0.3 is 10.4 Å². The van der Waals surface area contributed by atoms with Crippen molar-refractivity contribution in [1.29, 1.82) is 0 Å². The van der Waals surface area contributed by atoms with Gasteiger partial charge in [0, 0.05) is 13.1 Å². The lowest BCUT2D eigenvalue weighted by atomic mass is 9.94. The third-order valence-corrected chi connectivity index (χ3v) is 3.19. The van der Waals surface area contributed by atoms with Crippen LogP contribution in [0.4, 0.5) is 0 Å². The van der Waals surface area contributed by atoms with Crippen LogP contribution < -0.4 is 5.32 Å². The molecule has 0 fully saturated rings. The molecular formula is C16H24N4O. The van der Waals surface area contributed by atoms with Crippen molar-refractivity contribution in [1.82, 2.24) is 20.3 Å². The Kier molecular flexibility index (Phi) is 5.09. The summed E-state index contributed by atoms with van der Waals surface area (Å²) in [5.41, 5.74) is 1.11. The highest BCUT2D eigenvalue weighted by Crippen LogP contribution is 2.15. The normalized spacial score (nSPS) is 14.3. The molecule has 1 atom stereocenters. The smallest absolute Gasteiger partial charge is 0.0969 e. The van der Waals surface area contributed by atoms with Gasteiger partial charge in [0.05, 0.1) is 23.2 Å².